The molecule has 0 fully saturated rings. The molecule has 3 rings (SSSR count). The van der Waals surface area contributed by atoms with Gasteiger partial charge in [0.1, 0.15) is 17.0 Å². The molecule has 0 saturated heterocycles. The number of hydrogen-bond acceptors (Lipinski definition) is 4. The minimum Gasteiger partial charge on any atom is -0.493 e. The van der Waals surface area contributed by atoms with Crippen LogP contribution >= 0.6 is 0 Å². The Hall–Kier alpha value is -2.82. The largest absolute Gasteiger partial charge is 0.493 e. The number of methoxy groups -OCH3 is 2. The van der Waals surface area contributed by atoms with E-state index in [2.05, 4.69) is 4.98 Å². The fourth-order valence-corrected chi connectivity index (χ4v) is 2.47. The zero-order chi connectivity index (χ0) is 15.7. The molecule has 5 heteroatoms. The van der Waals surface area contributed by atoms with Crippen LogP contribution in [0.4, 0.5) is 0 Å². The molecule has 2 aromatic heterocycles. The molecule has 2 heterocycles. The molecule has 0 saturated carbocycles. The molecule has 0 spiro atoms. The second-order valence-electron chi connectivity index (χ2n) is 4.97. The molecule has 0 bridgehead atoms. The Morgan fingerprint density at radius 1 is 1.09 bits per heavy atom. The fraction of sp³-hybridized carbons (Fsp3) is 0.176. The van der Waals surface area contributed by atoms with Gasteiger partial charge >= 0.3 is 0 Å². The van der Waals surface area contributed by atoms with E-state index < -0.39 is 0 Å². The van der Waals surface area contributed by atoms with Crippen molar-refractivity contribution in [1.29, 1.82) is 0 Å². The van der Waals surface area contributed by atoms with Gasteiger partial charge in [0.05, 0.1) is 14.2 Å². The second-order valence-corrected chi connectivity index (χ2v) is 4.97. The molecule has 0 aliphatic carbocycles. The number of imidazole rings is 1. The number of nitrogens with zero attached hydrogens (tertiary/aromatic N) is 2. The minimum absolute atomic E-state index is 0.516. The normalized spacial score (nSPS) is 10.7. The van der Waals surface area contributed by atoms with E-state index in [1.165, 1.54) is 0 Å². The van der Waals surface area contributed by atoms with Crippen LogP contribution < -0.4 is 9.47 Å². The maximum Gasteiger partial charge on any atom is 0.169 e. The van der Waals surface area contributed by atoms with Crippen molar-refractivity contribution in [2.45, 2.75) is 6.92 Å². The number of carbonyl (C=O) groups excluding carboxylic acids is 1. The van der Waals surface area contributed by atoms with E-state index in [9.17, 15) is 4.79 Å². The number of aldehydes is 1. The van der Waals surface area contributed by atoms with E-state index in [4.69, 9.17) is 9.47 Å². The Bertz CT molecular complexity index is 852. The van der Waals surface area contributed by atoms with E-state index in [1.807, 2.05) is 37.4 Å². The Balaban J connectivity index is 2.23. The summed E-state index contributed by atoms with van der Waals surface area (Å²) in [5, 5.41) is 0. The fourth-order valence-electron chi connectivity index (χ4n) is 2.47. The summed E-state index contributed by atoms with van der Waals surface area (Å²) in [5.41, 5.74) is 3.78. The second kappa shape index (κ2) is 5.52. The van der Waals surface area contributed by atoms with E-state index >= 15 is 0 Å². The summed E-state index contributed by atoms with van der Waals surface area (Å²) in [6.45, 7) is 1.99. The lowest BCUT2D eigenvalue weighted by Gasteiger charge is -2.08. The first kappa shape index (κ1) is 14.1. The molecule has 5 nitrogen and oxygen atoms in total. The SMILES string of the molecule is COc1ccc(-c2nc3cc(C)ccn3c2C=O)cc1OC. The summed E-state index contributed by atoms with van der Waals surface area (Å²) in [5.74, 6) is 1.24. The third-order valence-corrected chi connectivity index (χ3v) is 3.59. The molecule has 0 aliphatic rings. The number of pyridine rings is 1. The maximum atomic E-state index is 11.5. The first-order valence-corrected chi connectivity index (χ1v) is 6.84. The van der Waals surface area contributed by atoms with Gasteiger partial charge in [-0.3, -0.25) is 9.20 Å². The zero-order valence-electron chi connectivity index (χ0n) is 12.7. The summed E-state index contributed by atoms with van der Waals surface area (Å²) >= 11 is 0. The van der Waals surface area contributed by atoms with E-state index in [0.29, 0.717) is 22.9 Å². The minimum atomic E-state index is 0.516. The van der Waals surface area contributed by atoms with E-state index in [1.54, 1.807) is 24.7 Å². The number of fused-ring (bicyclic) bond motifs is 1. The average Bonchev–Trinajstić information content (AvgIpc) is 2.91. The quantitative estimate of drug-likeness (QED) is 0.694. The van der Waals surface area contributed by atoms with Crippen LogP contribution in [0.15, 0.2) is 36.5 Å². The van der Waals surface area contributed by atoms with Crippen LogP contribution in [0.5, 0.6) is 11.5 Å². The van der Waals surface area contributed by atoms with Gasteiger partial charge in [-0.1, -0.05) is 0 Å². The number of rotatable bonds is 4. The summed E-state index contributed by atoms with van der Waals surface area (Å²) < 4.78 is 12.3. The third-order valence-electron chi connectivity index (χ3n) is 3.59. The number of ether oxygens (including phenoxy) is 2. The highest BCUT2D eigenvalue weighted by Gasteiger charge is 2.15. The van der Waals surface area contributed by atoms with Gasteiger partial charge in [0, 0.05) is 11.8 Å². The van der Waals surface area contributed by atoms with Crippen LogP contribution in [0, 0.1) is 6.92 Å². The topological polar surface area (TPSA) is 52.8 Å². The predicted molar refractivity (Wildman–Crippen MR) is 83.9 cm³/mol. The van der Waals surface area contributed by atoms with Gasteiger partial charge in [0.25, 0.3) is 0 Å². The average molecular weight is 296 g/mol. The standard InChI is InChI=1S/C17H16N2O3/c1-11-6-7-19-13(10-20)17(18-16(19)8-11)12-4-5-14(21-2)15(9-12)22-3/h4-10H,1-3H3. The predicted octanol–water partition coefficient (Wildman–Crippen LogP) is 3.14. The van der Waals surface area contributed by atoms with Crippen molar-refractivity contribution < 1.29 is 14.3 Å². The zero-order valence-corrected chi connectivity index (χ0v) is 12.7. The van der Waals surface area contributed by atoms with Gasteiger partial charge in [0.2, 0.25) is 0 Å². The Kier molecular flexibility index (Phi) is 3.55. The molecule has 0 N–H and O–H groups in total. The van der Waals surface area contributed by atoms with Gasteiger partial charge < -0.3 is 9.47 Å². The van der Waals surface area contributed by atoms with Crippen molar-refractivity contribution in [1.82, 2.24) is 9.38 Å². The highest BCUT2D eigenvalue weighted by molar-refractivity contribution is 5.86. The molecule has 0 aliphatic heterocycles. The lowest BCUT2D eigenvalue weighted by Crippen LogP contribution is -1.94. The highest BCUT2D eigenvalue weighted by atomic mass is 16.5. The first-order chi connectivity index (χ1) is 10.7. The molecular formula is C17H16N2O3. The van der Waals surface area contributed by atoms with Gasteiger partial charge in [0.15, 0.2) is 17.8 Å². The van der Waals surface area contributed by atoms with Crippen molar-refractivity contribution >= 4 is 11.9 Å². The monoisotopic (exact) mass is 296 g/mol. The van der Waals surface area contributed by atoms with Crippen LogP contribution in [0.2, 0.25) is 0 Å². The molecular weight excluding hydrogens is 280 g/mol. The van der Waals surface area contributed by atoms with Crippen molar-refractivity contribution in [3.8, 4) is 22.8 Å². The lowest BCUT2D eigenvalue weighted by molar-refractivity contribution is 0.111. The van der Waals surface area contributed by atoms with Crippen LogP contribution in [-0.4, -0.2) is 29.9 Å². The number of aromatic nitrogens is 2. The molecule has 0 unspecified atom stereocenters. The molecule has 0 amide bonds. The lowest BCUT2D eigenvalue weighted by atomic mass is 10.1. The van der Waals surface area contributed by atoms with Gasteiger partial charge in [-0.15, -0.1) is 0 Å². The van der Waals surface area contributed by atoms with Crippen molar-refractivity contribution in [3.05, 3.63) is 47.8 Å². The molecule has 22 heavy (non-hydrogen) atoms. The maximum absolute atomic E-state index is 11.5. The van der Waals surface area contributed by atoms with Gasteiger partial charge in [-0.05, 0) is 42.8 Å². The summed E-state index contributed by atoms with van der Waals surface area (Å²) in [4.78, 5) is 16.1. The van der Waals surface area contributed by atoms with Crippen LogP contribution in [0.3, 0.4) is 0 Å². The van der Waals surface area contributed by atoms with Crippen molar-refractivity contribution in [3.63, 3.8) is 0 Å². The highest BCUT2D eigenvalue weighted by Crippen LogP contribution is 2.33. The summed E-state index contributed by atoms with van der Waals surface area (Å²) in [6.07, 6.45) is 2.67. The molecule has 112 valence electrons. The van der Waals surface area contributed by atoms with Gasteiger partial charge in [-0.2, -0.15) is 0 Å². The molecule has 0 atom stereocenters. The number of carbonyl (C=O) groups is 1. The summed E-state index contributed by atoms with van der Waals surface area (Å²) in [6, 6.07) is 9.37. The van der Waals surface area contributed by atoms with Crippen LogP contribution in [0.25, 0.3) is 16.9 Å². The smallest absolute Gasteiger partial charge is 0.169 e. The Labute approximate surface area is 128 Å². The number of benzene rings is 1. The van der Waals surface area contributed by atoms with Crippen molar-refractivity contribution in [2.75, 3.05) is 14.2 Å². The van der Waals surface area contributed by atoms with Crippen LogP contribution in [-0.2, 0) is 0 Å². The van der Waals surface area contributed by atoms with E-state index in [-0.39, 0.29) is 0 Å². The van der Waals surface area contributed by atoms with Crippen molar-refractivity contribution in [2.24, 2.45) is 0 Å². The summed E-state index contributed by atoms with van der Waals surface area (Å²) in [7, 11) is 3.16. The molecule has 1 aromatic carbocycles. The Morgan fingerprint density at radius 3 is 2.55 bits per heavy atom. The van der Waals surface area contributed by atoms with Crippen LogP contribution in [0.1, 0.15) is 16.1 Å². The first-order valence-electron chi connectivity index (χ1n) is 6.84. The number of hydrogen-bond donors (Lipinski definition) is 0. The molecule has 0 radical (unpaired) electrons. The number of aryl methyl sites for hydroxylation is 1. The van der Waals surface area contributed by atoms with Gasteiger partial charge in [-0.25, -0.2) is 4.98 Å². The molecule has 3 aromatic rings. The van der Waals surface area contributed by atoms with E-state index in [0.717, 1.165) is 23.1 Å². The Morgan fingerprint density at radius 2 is 1.86 bits per heavy atom. The third kappa shape index (κ3) is 2.20.